The molecular formula is C27H32N2O8. The minimum atomic E-state index is -0.709. The van der Waals surface area contributed by atoms with Crippen molar-refractivity contribution in [1.82, 2.24) is 0 Å². The van der Waals surface area contributed by atoms with Gasteiger partial charge in [-0.05, 0) is 42.8 Å². The molecule has 37 heavy (non-hydrogen) atoms. The van der Waals surface area contributed by atoms with Crippen molar-refractivity contribution in [1.29, 1.82) is 0 Å². The van der Waals surface area contributed by atoms with Crippen LogP contribution in [0.15, 0.2) is 42.5 Å². The number of amides is 2. The lowest BCUT2D eigenvalue weighted by Crippen LogP contribution is -2.28. The van der Waals surface area contributed by atoms with Gasteiger partial charge in [-0.25, -0.2) is 4.79 Å². The number of anilines is 2. The molecule has 0 unspecified atom stereocenters. The molecule has 2 amide bonds. The molecule has 1 aliphatic rings. The van der Waals surface area contributed by atoms with Crippen LogP contribution in [0.25, 0.3) is 0 Å². The minimum absolute atomic E-state index is 0.0338. The molecule has 1 N–H and O–H groups in total. The van der Waals surface area contributed by atoms with Crippen molar-refractivity contribution in [3.05, 3.63) is 48.0 Å². The van der Waals surface area contributed by atoms with Crippen LogP contribution in [0.1, 0.15) is 43.0 Å². The highest BCUT2D eigenvalue weighted by Gasteiger charge is 2.36. The van der Waals surface area contributed by atoms with Gasteiger partial charge >= 0.3 is 11.9 Å². The Balaban J connectivity index is 1.50. The summed E-state index contributed by atoms with van der Waals surface area (Å²) in [5.41, 5.74) is 1.36. The lowest BCUT2D eigenvalue weighted by Gasteiger charge is -2.17. The molecule has 2 aromatic carbocycles. The first kappa shape index (κ1) is 27.5. The van der Waals surface area contributed by atoms with Crippen LogP contribution in [0.5, 0.6) is 11.5 Å². The van der Waals surface area contributed by atoms with E-state index >= 15 is 0 Å². The Morgan fingerprint density at radius 3 is 2.43 bits per heavy atom. The van der Waals surface area contributed by atoms with Crippen LogP contribution in [0.4, 0.5) is 11.4 Å². The number of nitrogens with one attached hydrogen (secondary N) is 1. The number of hydrogen-bond acceptors (Lipinski definition) is 8. The predicted octanol–water partition coefficient (Wildman–Crippen LogP) is 3.59. The van der Waals surface area contributed by atoms with Crippen molar-refractivity contribution in [2.75, 3.05) is 44.2 Å². The molecule has 2 aromatic rings. The van der Waals surface area contributed by atoms with E-state index in [1.807, 2.05) is 0 Å². The van der Waals surface area contributed by atoms with Gasteiger partial charge in [0.05, 0.1) is 38.0 Å². The molecule has 0 bridgehead atoms. The number of carbonyl (C=O) groups excluding carboxylic acids is 4. The first-order valence-electron chi connectivity index (χ1n) is 12.1. The van der Waals surface area contributed by atoms with Gasteiger partial charge in [0.15, 0.2) is 6.61 Å². The van der Waals surface area contributed by atoms with Crippen LogP contribution < -0.4 is 19.7 Å². The van der Waals surface area contributed by atoms with Crippen LogP contribution in [-0.2, 0) is 23.9 Å². The molecule has 1 aliphatic heterocycles. The quantitative estimate of drug-likeness (QED) is 0.338. The summed E-state index contributed by atoms with van der Waals surface area (Å²) >= 11 is 0. The summed E-state index contributed by atoms with van der Waals surface area (Å²) in [5.74, 6) is -1.60. The van der Waals surface area contributed by atoms with Crippen LogP contribution >= 0.6 is 0 Å². The van der Waals surface area contributed by atoms with Gasteiger partial charge < -0.3 is 29.2 Å². The number of esters is 2. The third-order valence-corrected chi connectivity index (χ3v) is 5.88. The van der Waals surface area contributed by atoms with E-state index in [4.69, 9.17) is 18.9 Å². The summed E-state index contributed by atoms with van der Waals surface area (Å²) in [6, 6.07) is 11.4. The van der Waals surface area contributed by atoms with E-state index in [0.717, 1.165) is 19.3 Å². The first-order chi connectivity index (χ1) is 17.9. The maximum atomic E-state index is 12.5. The van der Waals surface area contributed by atoms with E-state index in [0.29, 0.717) is 35.0 Å². The second-order valence-electron chi connectivity index (χ2n) is 8.52. The van der Waals surface area contributed by atoms with Crippen LogP contribution in [0.2, 0.25) is 0 Å². The normalized spacial score (nSPS) is 14.7. The number of benzene rings is 2. The summed E-state index contributed by atoms with van der Waals surface area (Å²) in [6.45, 7) is 2.05. The van der Waals surface area contributed by atoms with Crippen LogP contribution in [0, 0.1) is 5.92 Å². The summed E-state index contributed by atoms with van der Waals surface area (Å²) in [7, 11) is 2.98. The van der Waals surface area contributed by atoms with Crippen molar-refractivity contribution in [3.8, 4) is 11.5 Å². The van der Waals surface area contributed by atoms with Gasteiger partial charge in [-0.15, -0.1) is 0 Å². The molecule has 1 fully saturated rings. The first-order valence-corrected chi connectivity index (χ1v) is 12.1. The highest BCUT2D eigenvalue weighted by molar-refractivity contribution is 6.00. The third kappa shape index (κ3) is 7.45. The third-order valence-electron chi connectivity index (χ3n) is 5.88. The van der Waals surface area contributed by atoms with E-state index in [-0.39, 0.29) is 18.9 Å². The van der Waals surface area contributed by atoms with E-state index in [1.165, 1.54) is 19.1 Å². The molecule has 10 nitrogen and oxygen atoms in total. The highest BCUT2D eigenvalue weighted by Crippen LogP contribution is 2.29. The Morgan fingerprint density at radius 1 is 1.00 bits per heavy atom. The lowest BCUT2D eigenvalue weighted by molar-refractivity contribution is -0.151. The number of ether oxygens (including phenoxy) is 4. The van der Waals surface area contributed by atoms with E-state index in [9.17, 15) is 19.2 Å². The number of unbranched alkanes of at least 4 members (excludes halogenated alkanes) is 2. The molecule has 1 saturated heterocycles. The van der Waals surface area contributed by atoms with Gasteiger partial charge in [-0.1, -0.05) is 19.8 Å². The van der Waals surface area contributed by atoms with E-state index < -0.39 is 30.4 Å². The molecule has 0 saturated carbocycles. The van der Waals surface area contributed by atoms with Crippen molar-refractivity contribution in [2.45, 2.75) is 32.6 Å². The fraction of sp³-hybridized carbons (Fsp3) is 0.407. The summed E-state index contributed by atoms with van der Waals surface area (Å²) in [6.07, 6.45) is 2.82. The van der Waals surface area contributed by atoms with Crippen molar-refractivity contribution >= 4 is 35.1 Å². The predicted molar refractivity (Wildman–Crippen MR) is 136 cm³/mol. The molecule has 198 valence electrons. The van der Waals surface area contributed by atoms with Gasteiger partial charge in [0.25, 0.3) is 5.91 Å². The topological polar surface area (TPSA) is 120 Å². The molecule has 0 radical (unpaired) electrons. The molecular weight excluding hydrogens is 480 g/mol. The number of hydrogen-bond donors (Lipinski definition) is 1. The summed E-state index contributed by atoms with van der Waals surface area (Å²) in [5, 5.41) is 2.62. The largest absolute Gasteiger partial charge is 0.497 e. The van der Waals surface area contributed by atoms with Gasteiger partial charge in [0.2, 0.25) is 5.91 Å². The molecule has 0 aliphatic carbocycles. The molecule has 10 heteroatoms. The fourth-order valence-electron chi connectivity index (χ4n) is 3.84. The Hall–Kier alpha value is -4.08. The van der Waals surface area contributed by atoms with E-state index in [1.54, 1.807) is 42.5 Å². The second kappa shape index (κ2) is 13.3. The number of methoxy groups -OCH3 is 2. The Kier molecular flexibility index (Phi) is 9.88. The SMILES string of the molecule is CCCCCOC(=O)c1ccc(N2C[C@@H](C(=O)OCC(=O)Nc3ccc(OC)cc3OC)CC2=O)cc1. The lowest BCUT2D eigenvalue weighted by atomic mass is 10.1. The fourth-order valence-corrected chi connectivity index (χ4v) is 3.84. The Morgan fingerprint density at radius 2 is 1.76 bits per heavy atom. The van der Waals surface area contributed by atoms with Gasteiger partial charge in [-0.2, -0.15) is 0 Å². The summed E-state index contributed by atoms with van der Waals surface area (Å²) < 4.78 is 20.8. The van der Waals surface area contributed by atoms with Crippen molar-refractivity contribution in [2.24, 2.45) is 5.92 Å². The molecule has 1 heterocycles. The molecule has 1 atom stereocenters. The van der Waals surface area contributed by atoms with Crippen molar-refractivity contribution in [3.63, 3.8) is 0 Å². The zero-order valence-electron chi connectivity index (χ0n) is 21.3. The highest BCUT2D eigenvalue weighted by atomic mass is 16.5. The van der Waals surface area contributed by atoms with E-state index in [2.05, 4.69) is 12.2 Å². The van der Waals surface area contributed by atoms with Crippen LogP contribution in [0.3, 0.4) is 0 Å². The maximum Gasteiger partial charge on any atom is 0.338 e. The smallest absolute Gasteiger partial charge is 0.338 e. The van der Waals surface area contributed by atoms with Crippen LogP contribution in [-0.4, -0.2) is 57.7 Å². The molecule has 0 spiro atoms. The second-order valence-corrected chi connectivity index (χ2v) is 8.52. The summed E-state index contributed by atoms with van der Waals surface area (Å²) in [4.78, 5) is 51.0. The van der Waals surface area contributed by atoms with Crippen molar-refractivity contribution < 1.29 is 38.1 Å². The number of carbonyl (C=O) groups is 4. The number of nitrogens with zero attached hydrogens (tertiary/aromatic N) is 1. The Labute approximate surface area is 215 Å². The monoisotopic (exact) mass is 512 g/mol. The molecule has 3 rings (SSSR count). The zero-order valence-corrected chi connectivity index (χ0v) is 21.3. The maximum absolute atomic E-state index is 12.5. The Bertz CT molecular complexity index is 1120. The van der Waals surface area contributed by atoms with Gasteiger partial charge in [0, 0.05) is 24.7 Å². The molecule has 0 aromatic heterocycles. The zero-order chi connectivity index (χ0) is 26.8. The average Bonchev–Trinajstić information content (AvgIpc) is 3.31. The number of rotatable bonds is 12. The minimum Gasteiger partial charge on any atom is -0.497 e. The standard InChI is InChI=1S/C27H32N2O8/c1-4-5-6-13-36-26(32)18-7-9-20(10-8-18)29-16-19(14-25(29)31)27(33)37-17-24(30)28-22-12-11-21(34-2)15-23(22)35-3/h7-12,15,19H,4-6,13-14,16-17H2,1-3H3,(H,28,30)/t19-/m0/s1. The van der Waals surface area contributed by atoms with Gasteiger partial charge in [-0.3, -0.25) is 14.4 Å². The average molecular weight is 513 g/mol. The van der Waals surface area contributed by atoms with Gasteiger partial charge in [0.1, 0.15) is 11.5 Å².